The number of benzene rings is 2. The van der Waals surface area contributed by atoms with Gasteiger partial charge in [0.05, 0.1) is 6.61 Å². The summed E-state index contributed by atoms with van der Waals surface area (Å²) in [5.41, 5.74) is 4.81. The summed E-state index contributed by atoms with van der Waals surface area (Å²) in [7, 11) is -4.60. The van der Waals surface area contributed by atoms with E-state index in [0.29, 0.717) is 6.42 Å². The third kappa shape index (κ3) is 4.79. The third-order valence-corrected chi connectivity index (χ3v) is 4.45. The van der Waals surface area contributed by atoms with E-state index in [1.165, 1.54) is 22.3 Å². The predicted molar refractivity (Wildman–Crippen MR) is 87.6 cm³/mol. The molecule has 0 N–H and O–H groups in total. The van der Waals surface area contributed by atoms with Crippen LogP contribution in [0.4, 0.5) is 0 Å². The molecule has 0 aliphatic heterocycles. The van der Waals surface area contributed by atoms with E-state index in [-0.39, 0.29) is 42.1 Å². The summed E-state index contributed by atoms with van der Waals surface area (Å²) in [6, 6.07) is 18.4. The summed E-state index contributed by atoms with van der Waals surface area (Å²) in [6.07, 6.45) is 3.47. The van der Waals surface area contributed by atoms with Crippen LogP contribution in [0.2, 0.25) is 0 Å². The van der Waals surface area contributed by atoms with Gasteiger partial charge in [-0.15, -0.1) is 0 Å². The van der Waals surface area contributed by atoms with Crippen LogP contribution in [0.5, 0.6) is 0 Å². The van der Waals surface area contributed by atoms with Crippen molar-refractivity contribution in [1.29, 1.82) is 0 Å². The van der Waals surface area contributed by atoms with Crippen molar-refractivity contribution in [2.45, 2.75) is 18.8 Å². The molecule has 0 spiro atoms. The van der Waals surface area contributed by atoms with E-state index < -0.39 is 10.4 Å². The molecular weight excluding hydrogens is 335 g/mol. The molecule has 24 heavy (non-hydrogen) atoms. The second kappa shape index (κ2) is 8.43. The van der Waals surface area contributed by atoms with Crippen LogP contribution in [0.1, 0.15) is 35.4 Å². The van der Waals surface area contributed by atoms with Crippen LogP contribution in [0.15, 0.2) is 60.7 Å². The minimum absolute atomic E-state index is 0. The van der Waals surface area contributed by atoms with Gasteiger partial charge in [0.1, 0.15) is 0 Å². The summed E-state index contributed by atoms with van der Waals surface area (Å²) in [4.78, 5) is 0. The van der Waals surface area contributed by atoms with Gasteiger partial charge in [-0.25, -0.2) is 8.42 Å². The van der Waals surface area contributed by atoms with Gasteiger partial charge in [0, 0.05) is 5.92 Å². The van der Waals surface area contributed by atoms with Crippen molar-refractivity contribution in [3.63, 3.8) is 0 Å². The van der Waals surface area contributed by atoms with E-state index in [1.807, 2.05) is 30.3 Å². The van der Waals surface area contributed by atoms with Crippen LogP contribution in [0.3, 0.4) is 0 Å². The van der Waals surface area contributed by atoms with Gasteiger partial charge in [-0.2, -0.15) is 0 Å². The molecule has 1 atom stereocenters. The molecule has 1 aliphatic rings. The Morgan fingerprint density at radius 1 is 1.00 bits per heavy atom. The Bertz CT molecular complexity index is 816. The Hall–Kier alpha value is -0.950. The Labute approximate surface area is 164 Å². The van der Waals surface area contributed by atoms with Crippen LogP contribution in [-0.4, -0.2) is 19.6 Å². The molecule has 120 valence electrons. The largest absolute Gasteiger partial charge is 1.00 e. The standard InChI is InChI=1S/C18H18O4S.Na/c19-23(20,21)22-12-6-9-15-13-18(14-7-2-1-3-8-14)17-11-5-4-10-16(15)17;/h1-5,7-8,10-11,13,15H,6,9,12H2,(H,19,20,21);/q;+1/p-1. The number of allylic oxidation sites excluding steroid dienone is 1. The molecular formula is C18H17NaO4S. The fourth-order valence-electron chi connectivity index (χ4n) is 3.02. The summed E-state index contributed by atoms with van der Waals surface area (Å²) >= 11 is 0. The fraction of sp³-hybridized carbons (Fsp3) is 0.222. The molecule has 2 aromatic rings. The molecule has 6 heteroatoms. The monoisotopic (exact) mass is 352 g/mol. The van der Waals surface area contributed by atoms with E-state index >= 15 is 0 Å². The molecule has 2 aromatic carbocycles. The van der Waals surface area contributed by atoms with E-state index in [2.05, 4.69) is 34.5 Å². The maximum Gasteiger partial charge on any atom is 1.00 e. The van der Waals surface area contributed by atoms with Crippen LogP contribution in [0.25, 0.3) is 5.57 Å². The van der Waals surface area contributed by atoms with E-state index in [0.717, 1.165) is 6.42 Å². The Kier molecular flexibility index (Phi) is 6.80. The maximum absolute atomic E-state index is 10.5. The topological polar surface area (TPSA) is 66.4 Å². The minimum Gasteiger partial charge on any atom is -0.726 e. The third-order valence-electron chi connectivity index (χ3n) is 3.99. The van der Waals surface area contributed by atoms with Crippen molar-refractivity contribution < 1.29 is 46.7 Å². The molecule has 4 nitrogen and oxygen atoms in total. The van der Waals surface area contributed by atoms with Crippen molar-refractivity contribution in [2.24, 2.45) is 0 Å². The molecule has 3 rings (SSSR count). The quantitative estimate of drug-likeness (QED) is 0.328. The molecule has 0 radical (unpaired) electrons. The molecule has 0 saturated heterocycles. The second-order valence-electron chi connectivity index (χ2n) is 5.51. The van der Waals surface area contributed by atoms with Crippen molar-refractivity contribution >= 4 is 16.0 Å². The smallest absolute Gasteiger partial charge is 0.726 e. The second-order valence-corrected chi connectivity index (χ2v) is 6.56. The van der Waals surface area contributed by atoms with E-state index in [1.54, 1.807) is 0 Å². The van der Waals surface area contributed by atoms with Gasteiger partial charge in [-0.3, -0.25) is 4.18 Å². The van der Waals surface area contributed by atoms with Gasteiger partial charge >= 0.3 is 29.6 Å². The molecule has 0 fully saturated rings. The molecule has 0 bridgehead atoms. The summed E-state index contributed by atoms with van der Waals surface area (Å²) in [5, 5.41) is 0. The first kappa shape index (κ1) is 19.4. The molecule has 1 unspecified atom stereocenters. The van der Waals surface area contributed by atoms with Gasteiger partial charge < -0.3 is 4.55 Å². The first-order valence-electron chi connectivity index (χ1n) is 7.51. The van der Waals surface area contributed by atoms with Crippen LogP contribution in [-0.2, 0) is 14.6 Å². The zero-order valence-electron chi connectivity index (χ0n) is 13.5. The van der Waals surface area contributed by atoms with Crippen LogP contribution < -0.4 is 29.6 Å². The SMILES string of the molecule is O=S(=O)([O-])OCCCC1C=C(c2ccccc2)c2ccccc21.[Na+]. The van der Waals surface area contributed by atoms with Crippen molar-refractivity contribution in [1.82, 2.24) is 0 Å². The van der Waals surface area contributed by atoms with Gasteiger partial charge in [0.2, 0.25) is 10.4 Å². The van der Waals surface area contributed by atoms with E-state index in [9.17, 15) is 13.0 Å². The average molecular weight is 352 g/mol. The van der Waals surface area contributed by atoms with Gasteiger partial charge in [0.15, 0.2) is 0 Å². The van der Waals surface area contributed by atoms with Gasteiger partial charge in [-0.05, 0) is 35.1 Å². The van der Waals surface area contributed by atoms with E-state index in [4.69, 9.17) is 0 Å². The Balaban J connectivity index is 0.00000208. The molecule has 0 amide bonds. The zero-order valence-corrected chi connectivity index (χ0v) is 16.3. The van der Waals surface area contributed by atoms with Crippen LogP contribution in [0, 0.1) is 0 Å². The zero-order chi connectivity index (χ0) is 16.3. The summed E-state index contributed by atoms with van der Waals surface area (Å²) in [6.45, 7) is -0.0704. The van der Waals surface area contributed by atoms with Crippen molar-refractivity contribution in [3.8, 4) is 0 Å². The molecule has 1 aliphatic carbocycles. The fourth-order valence-corrected chi connectivity index (χ4v) is 3.34. The number of hydrogen-bond acceptors (Lipinski definition) is 4. The summed E-state index contributed by atoms with van der Waals surface area (Å²) < 4.78 is 35.7. The summed E-state index contributed by atoms with van der Waals surface area (Å²) in [5.74, 6) is 0.208. The number of rotatable bonds is 6. The minimum atomic E-state index is -4.60. The first-order chi connectivity index (χ1) is 11.0. The molecule has 0 heterocycles. The first-order valence-corrected chi connectivity index (χ1v) is 8.85. The normalized spacial score (nSPS) is 16.2. The molecule has 0 aromatic heterocycles. The Morgan fingerprint density at radius 3 is 2.38 bits per heavy atom. The molecule has 0 saturated carbocycles. The average Bonchev–Trinajstić information content (AvgIpc) is 2.91. The maximum atomic E-state index is 10.5. The van der Waals surface area contributed by atoms with Crippen molar-refractivity contribution in [3.05, 3.63) is 77.4 Å². The van der Waals surface area contributed by atoms with Gasteiger partial charge in [-0.1, -0.05) is 60.7 Å². The van der Waals surface area contributed by atoms with Crippen molar-refractivity contribution in [2.75, 3.05) is 6.61 Å². The number of hydrogen-bond donors (Lipinski definition) is 0. The van der Waals surface area contributed by atoms with Gasteiger partial charge in [0.25, 0.3) is 0 Å². The number of fused-ring (bicyclic) bond motifs is 1. The van der Waals surface area contributed by atoms with Crippen LogP contribution >= 0.6 is 0 Å². The Morgan fingerprint density at radius 2 is 1.67 bits per heavy atom. The predicted octanol–water partition coefficient (Wildman–Crippen LogP) is 0.476.